The zero-order valence-corrected chi connectivity index (χ0v) is 13.8. The van der Waals surface area contributed by atoms with Gasteiger partial charge in [-0.3, -0.25) is 4.79 Å². The summed E-state index contributed by atoms with van der Waals surface area (Å²) in [7, 11) is 3.63. The number of hydrogen-bond donors (Lipinski definition) is 0. The molecule has 2 rings (SSSR count). The normalized spacial score (nSPS) is 10.7. The van der Waals surface area contributed by atoms with Crippen LogP contribution in [0, 0.1) is 5.82 Å². The average Bonchev–Trinajstić information content (AvgIpc) is 2.47. The molecule has 2 aromatic rings. The van der Waals surface area contributed by atoms with Crippen molar-refractivity contribution in [1.29, 1.82) is 0 Å². The summed E-state index contributed by atoms with van der Waals surface area (Å²) in [5, 5.41) is 0. The largest absolute Gasteiger partial charge is 0.456 e. The molecule has 0 fully saturated rings. The number of allylic oxidation sites excluding steroid dienone is 1. The monoisotopic (exact) mass is 363 g/mol. The summed E-state index contributed by atoms with van der Waals surface area (Å²) in [5.41, 5.74) is 0.308. The van der Waals surface area contributed by atoms with E-state index in [0.29, 0.717) is 11.3 Å². The zero-order chi connectivity index (χ0) is 16.1. The molecule has 0 spiro atoms. The summed E-state index contributed by atoms with van der Waals surface area (Å²) >= 11 is 3.33. The van der Waals surface area contributed by atoms with E-state index in [-0.39, 0.29) is 11.5 Å². The van der Waals surface area contributed by atoms with E-state index in [1.807, 2.05) is 26.2 Å². The average molecular weight is 364 g/mol. The second-order valence-corrected chi connectivity index (χ2v) is 5.76. The third-order valence-corrected chi connectivity index (χ3v) is 3.30. The van der Waals surface area contributed by atoms with Crippen molar-refractivity contribution in [2.75, 3.05) is 14.1 Å². The summed E-state index contributed by atoms with van der Waals surface area (Å²) in [6.07, 6.45) is 3.05. The molecule has 0 unspecified atom stereocenters. The molecular weight excluding hydrogens is 349 g/mol. The maximum Gasteiger partial charge on any atom is 0.191 e. The van der Waals surface area contributed by atoms with Crippen molar-refractivity contribution in [1.82, 2.24) is 4.90 Å². The van der Waals surface area contributed by atoms with Crippen LogP contribution in [0.4, 0.5) is 4.39 Å². The first-order valence-electron chi connectivity index (χ1n) is 6.57. The third-order valence-electron chi connectivity index (χ3n) is 2.77. The number of carbonyl (C=O) groups excluding carboxylic acids is 1. The van der Waals surface area contributed by atoms with Crippen LogP contribution in [-0.2, 0) is 0 Å². The highest BCUT2D eigenvalue weighted by atomic mass is 79.9. The van der Waals surface area contributed by atoms with Gasteiger partial charge in [0.05, 0.1) is 5.56 Å². The van der Waals surface area contributed by atoms with Gasteiger partial charge in [-0.15, -0.1) is 0 Å². The molecule has 0 atom stereocenters. The Morgan fingerprint density at radius 1 is 1.18 bits per heavy atom. The van der Waals surface area contributed by atoms with Gasteiger partial charge in [-0.05, 0) is 36.4 Å². The maximum atomic E-state index is 13.5. The van der Waals surface area contributed by atoms with Crippen LogP contribution < -0.4 is 4.74 Å². The van der Waals surface area contributed by atoms with Gasteiger partial charge in [0, 0.05) is 36.9 Å². The lowest BCUT2D eigenvalue weighted by Gasteiger charge is -2.10. The second-order valence-electron chi connectivity index (χ2n) is 4.84. The molecule has 0 aliphatic carbocycles. The van der Waals surface area contributed by atoms with Gasteiger partial charge in [0.25, 0.3) is 0 Å². The van der Waals surface area contributed by atoms with Crippen LogP contribution in [0.3, 0.4) is 0 Å². The lowest BCUT2D eigenvalue weighted by atomic mass is 10.1. The van der Waals surface area contributed by atoms with E-state index in [1.165, 1.54) is 24.3 Å². The molecular formula is C17H15BrFNO2. The second kappa shape index (κ2) is 7.22. The van der Waals surface area contributed by atoms with Crippen molar-refractivity contribution >= 4 is 21.7 Å². The van der Waals surface area contributed by atoms with Crippen LogP contribution in [-0.4, -0.2) is 24.8 Å². The van der Waals surface area contributed by atoms with Crippen LogP contribution in [0.15, 0.2) is 59.2 Å². The molecule has 0 radical (unpaired) electrons. The minimum Gasteiger partial charge on any atom is -0.456 e. The van der Waals surface area contributed by atoms with E-state index in [9.17, 15) is 9.18 Å². The quantitative estimate of drug-likeness (QED) is 0.572. The Labute approximate surface area is 137 Å². The van der Waals surface area contributed by atoms with E-state index in [0.717, 1.165) is 4.47 Å². The lowest BCUT2D eigenvalue weighted by molar-refractivity contribution is 0.104. The van der Waals surface area contributed by atoms with Crippen LogP contribution in [0.1, 0.15) is 10.4 Å². The van der Waals surface area contributed by atoms with Gasteiger partial charge in [0.1, 0.15) is 17.3 Å². The Morgan fingerprint density at radius 2 is 1.86 bits per heavy atom. The highest BCUT2D eigenvalue weighted by Crippen LogP contribution is 2.28. The molecule has 2 aromatic carbocycles. The first kappa shape index (κ1) is 16.2. The van der Waals surface area contributed by atoms with Gasteiger partial charge < -0.3 is 9.64 Å². The van der Waals surface area contributed by atoms with Crippen molar-refractivity contribution in [2.45, 2.75) is 0 Å². The number of hydrogen-bond acceptors (Lipinski definition) is 3. The Morgan fingerprint density at radius 3 is 2.50 bits per heavy atom. The van der Waals surface area contributed by atoms with Gasteiger partial charge in [-0.25, -0.2) is 4.39 Å². The van der Waals surface area contributed by atoms with E-state index in [1.54, 1.807) is 23.2 Å². The van der Waals surface area contributed by atoms with Crippen molar-refractivity contribution < 1.29 is 13.9 Å². The number of ketones is 1. The van der Waals surface area contributed by atoms with Gasteiger partial charge in [0.2, 0.25) is 0 Å². The molecule has 5 heteroatoms. The summed E-state index contributed by atoms with van der Waals surface area (Å²) in [4.78, 5) is 13.9. The molecule has 0 saturated carbocycles. The first-order valence-corrected chi connectivity index (χ1v) is 7.37. The van der Waals surface area contributed by atoms with Crippen molar-refractivity contribution in [3.05, 3.63) is 70.6 Å². The number of ether oxygens (including phenoxy) is 1. The van der Waals surface area contributed by atoms with Crippen LogP contribution >= 0.6 is 15.9 Å². The number of halogens is 2. The zero-order valence-electron chi connectivity index (χ0n) is 12.2. The Hall–Kier alpha value is -2.14. The Balaban J connectivity index is 2.31. The SMILES string of the molecule is CN(C)/C=C/C(=O)c1ccc(F)cc1Oc1ccc(Br)cc1. The fourth-order valence-electron chi connectivity index (χ4n) is 1.72. The standard InChI is InChI=1S/C17H15BrFNO2/c1-20(2)10-9-16(21)15-8-5-13(19)11-17(15)22-14-6-3-12(18)4-7-14/h3-11H,1-2H3/b10-9+. The van der Waals surface area contributed by atoms with Gasteiger partial charge in [0.15, 0.2) is 5.78 Å². The Kier molecular flexibility index (Phi) is 5.33. The maximum absolute atomic E-state index is 13.5. The fourth-order valence-corrected chi connectivity index (χ4v) is 1.98. The molecule has 0 aliphatic rings. The van der Waals surface area contributed by atoms with Crippen molar-refractivity contribution in [2.24, 2.45) is 0 Å². The number of rotatable bonds is 5. The molecule has 0 heterocycles. The topological polar surface area (TPSA) is 29.5 Å². The highest BCUT2D eigenvalue weighted by molar-refractivity contribution is 9.10. The Bertz CT molecular complexity index is 696. The third kappa shape index (κ3) is 4.43. The summed E-state index contributed by atoms with van der Waals surface area (Å²) in [5.74, 6) is 0.0104. The molecule has 0 N–H and O–H groups in total. The number of benzene rings is 2. The molecule has 0 bridgehead atoms. The van der Waals surface area contributed by atoms with Crippen LogP contribution in [0.5, 0.6) is 11.5 Å². The van der Waals surface area contributed by atoms with E-state index in [4.69, 9.17) is 4.74 Å². The van der Waals surface area contributed by atoms with Crippen molar-refractivity contribution in [3.63, 3.8) is 0 Å². The fraction of sp³-hybridized carbons (Fsp3) is 0.118. The summed E-state index contributed by atoms with van der Waals surface area (Å²) in [6.45, 7) is 0. The highest BCUT2D eigenvalue weighted by Gasteiger charge is 2.12. The van der Waals surface area contributed by atoms with Crippen molar-refractivity contribution in [3.8, 4) is 11.5 Å². The summed E-state index contributed by atoms with van der Waals surface area (Å²) in [6, 6.07) is 11.0. The van der Waals surface area contributed by atoms with Gasteiger partial charge >= 0.3 is 0 Å². The summed E-state index contributed by atoms with van der Waals surface area (Å²) < 4.78 is 20.0. The number of carbonyl (C=O) groups is 1. The molecule has 3 nitrogen and oxygen atoms in total. The minimum atomic E-state index is -0.458. The molecule has 0 saturated heterocycles. The van der Waals surface area contributed by atoms with Gasteiger partial charge in [-0.2, -0.15) is 0 Å². The molecule has 0 aromatic heterocycles. The first-order chi connectivity index (χ1) is 10.5. The van der Waals surface area contributed by atoms with E-state index >= 15 is 0 Å². The van der Waals surface area contributed by atoms with Crippen LogP contribution in [0.25, 0.3) is 0 Å². The smallest absolute Gasteiger partial charge is 0.191 e. The van der Waals surface area contributed by atoms with Gasteiger partial charge in [-0.1, -0.05) is 15.9 Å². The van der Waals surface area contributed by atoms with Crippen LogP contribution in [0.2, 0.25) is 0 Å². The van der Waals surface area contributed by atoms with E-state index in [2.05, 4.69) is 15.9 Å². The number of nitrogens with zero attached hydrogens (tertiary/aromatic N) is 1. The molecule has 0 amide bonds. The molecule has 0 aliphatic heterocycles. The predicted octanol–water partition coefficient (Wildman–Crippen LogP) is 4.64. The predicted molar refractivity (Wildman–Crippen MR) is 87.8 cm³/mol. The molecule has 22 heavy (non-hydrogen) atoms. The molecule has 114 valence electrons. The van der Waals surface area contributed by atoms with E-state index < -0.39 is 5.82 Å². The lowest BCUT2D eigenvalue weighted by Crippen LogP contribution is -2.04. The minimum absolute atomic E-state index is 0.190.